The number of anilines is 1. The summed E-state index contributed by atoms with van der Waals surface area (Å²) < 4.78 is 12.7. The maximum absolute atomic E-state index is 6.16. The summed E-state index contributed by atoms with van der Waals surface area (Å²) in [7, 11) is 3.23. The molecule has 1 aromatic heterocycles. The number of imidazole rings is 1. The maximum atomic E-state index is 6.16. The van der Waals surface area contributed by atoms with Crippen molar-refractivity contribution in [3.05, 3.63) is 29.8 Å². The molecule has 106 valence electrons. The molecule has 1 aliphatic rings. The molecule has 0 fully saturated rings. The molecule has 0 amide bonds. The Morgan fingerprint density at radius 2 is 1.80 bits per heavy atom. The summed E-state index contributed by atoms with van der Waals surface area (Å²) in [5, 5.41) is 0. The van der Waals surface area contributed by atoms with E-state index in [4.69, 9.17) is 15.2 Å². The van der Waals surface area contributed by atoms with Gasteiger partial charge in [-0.3, -0.25) is 0 Å². The minimum Gasteiger partial charge on any atom is -0.493 e. The van der Waals surface area contributed by atoms with Gasteiger partial charge in [-0.1, -0.05) is 0 Å². The van der Waals surface area contributed by atoms with Gasteiger partial charge in [0.25, 0.3) is 0 Å². The molecule has 1 aromatic carbocycles. The van der Waals surface area contributed by atoms with E-state index in [0.29, 0.717) is 17.2 Å². The van der Waals surface area contributed by atoms with Crippen molar-refractivity contribution in [3.63, 3.8) is 0 Å². The zero-order valence-electron chi connectivity index (χ0n) is 11.8. The Morgan fingerprint density at radius 1 is 1.10 bits per heavy atom. The van der Waals surface area contributed by atoms with Crippen LogP contribution in [0.1, 0.15) is 24.2 Å². The van der Waals surface area contributed by atoms with Gasteiger partial charge in [-0.05, 0) is 25.7 Å². The second-order valence-electron chi connectivity index (χ2n) is 4.98. The average Bonchev–Trinajstić information content (AvgIpc) is 2.90. The van der Waals surface area contributed by atoms with E-state index in [9.17, 15) is 0 Å². The Morgan fingerprint density at radius 3 is 2.55 bits per heavy atom. The highest BCUT2D eigenvalue weighted by Crippen LogP contribution is 2.35. The van der Waals surface area contributed by atoms with Crippen molar-refractivity contribution >= 4 is 5.69 Å². The summed E-state index contributed by atoms with van der Waals surface area (Å²) >= 11 is 0. The number of methoxy groups -OCH3 is 2. The number of ether oxygens (including phenoxy) is 2. The minimum atomic E-state index is 0.641. The Bertz CT molecular complexity index is 634. The number of aromatic nitrogens is 2. The van der Waals surface area contributed by atoms with E-state index in [0.717, 1.165) is 18.5 Å². The first-order valence-corrected chi connectivity index (χ1v) is 6.81. The summed E-state index contributed by atoms with van der Waals surface area (Å²) in [6.07, 6.45) is 6.36. The molecule has 0 unspecified atom stereocenters. The first kappa shape index (κ1) is 12.8. The Balaban J connectivity index is 2.12. The van der Waals surface area contributed by atoms with Crippen LogP contribution in [0.2, 0.25) is 0 Å². The number of hydrogen-bond acceptors (Lipinski definition) is 4. The summed E-state index contributed by atoms with van der Waals surface area (Å²) in [6.45, 7) is 0. The first-order chi connectivity index (χ1) is 9.74. The van der Waals surface area contributed by atoms with Crippen molar-refractivity contribution in [2.75, 3.05) is 20.0 Å². The third-order valence-corrected chi connectivity index (χ3v) is 3.82. The molecule has 2 aromatic rings. The second kappa shape index (κ2) is 5.07. The van der Waals surface area contributed by atoms with Gasteiger partial charge in [0.05, 0.1) is 37.6 Å². The number of nitrogens with two attached hydrogens (primary N) is 1. The van der Waals surface area contributed by atoms with Crippen LogP contribution >= 0.6 is 0 Å². The highest BCUT2D eigenvalue weighted by atomic mass is 16.5. The molecule has 1 aliphatic carbocycles. The molecular formula is C15H19N3O2. The van der Waals surface area contributed by atoms with Crippen molar-refractivity contribution in [2.24, 2.45) is 0 Å². The van der Waals surface area contributed by atoms with Gasteiger partial charge in [0.15, 0.2) is 11.5 Å². The predicted octanol–water partition coefficient (Wildman–Crippen LogP) is 2.35. The maximum Gasteiger partial charge on any atom is 0.162 e. The van der Waals surface area contributed by atoms with Gasteiger partial charge in [-0.2, -0.15) is 0 Å². The summed E-state index contributed by atoms with van der Waals surface area (Å²) in [5.74, 6) is 1.32. The number of nitrogens with zero attached hydrogens (tertiary/aromatic N) is 2. The van der Waals surface area contributed by atoms with E-state index in [1.54, 1.807) is 20.3 Å². The van der Waals surface area contributed by atoms with Gasteiger partial charge in [0, 0.05) is 17.8 Å². The summed E-state index contributed by atoms with van der Waals surface area (Å²) in [6, 6.07) is 3.70. The van der Waals surface area contributed by atoms with Crippen LogP contribution in [0.25, 0.3) is 5.69 Å². The van der Waals surface area contributed by atoms with Gasteiger partial charge >= 0.3 is 0 Å². The largest absolute Gasteiger partial charge is 0.493 e. The zero-order chi connectivity index (χ0) is 14.1. The number of hydrogen-bond donors (Lipinski definition) is 1. The molecule has 5 nitrogen and oxygen atoms in total. The fourth-order valence-electron chi connectivity index (χ4n) is 2.77. The fourth-order valence-corrected chi connectivity index (χ4v) is 2.77. The van der Waals surface area contributed by atoms with E-state index in [2.05, 4.69) is 9.55 Å². The Labute approximate surface area is 118 Å². The van der Waals surface area contributed by atoms with Gasteiger partial charge < -0.3 is 19.8 Å². The lowest BCUT2D eigenvalue weighted by Gasteiger charge is -2.17. The molecule has 0 spiro atoms. The van der Waals surface area contributed by atoms with Crippen LogP contribution in [0.4, 0.5) is 5.69 Å². The van der Waals surface area contributed by atoms with Crippen molar-refractivity contribution < 1.29 is 9.47 Å². The molecule has 0 bridgehead atoms. The second-order valence-corrected chi connectivity index (χ2v) is 4.98. The molecule has 0 saturated heterocycles. The van der Waals surface area contributed by atoms with Gasteiger partial charge in [-0.25, -0.2) is 4.98 Å². The predicted molar refractivity (Wildman–Crippen MR) is 77.7 cm³/mol. The number of nitrogen functional groups attached to an aromatic ring is 1. The van der Waals surface area contributed by atoms with Gasteiger partial charge in [0.2, 0.25) is 0 Å². The molecule has 0 saturated carbocycles. The lowest BCUT2D eigenvalue weighted by Crippen LogP contribution is -2.08. The lowest BCUT2D eigenvalue weighted by atomic mass is 10.0. The van der Waals surface area contributed by atoms with Gasteiger partial charge in [-0.15, -0.1) is 0 Å². The molecule has 0 radical (unpaired) electrons. The number of rotatable bonds is 3. The molecule has 1 heterocycles. The average molecular weight is 273 g/mol. The van der Waals surface area contributed by atoms with E-state index in [-0.39, 0.29) is 0 Å². The first-order valence-electron chi connectivity index (χ1n) is 6.81. The summed E-state index contributed by atoms with van der Waals surface area (Å²) in [4.78, 5) is 4.51. The molecule has 20 heavy (non-hydrogen) atoms. The van der Waals surface area contributed by atoms with E-state index in [1.165, 1.54) is 24.2 Å². The summed E-state index contributed by atoms with van der Waals surface area (Å²) in [5.41, 5.74) is 10.2. The molecular weight excluding hydrogens is 254 g/mol. The van der Waals surface area contributed by atoms with Crippen LogP contribution < -0.4 is 15.2 Å². The highest BCUT2D eigenvalue weighted by molar-refractivity contribution is 5.66. The number of aryl methyl sites for hydroxylation is 1. The van der Waals surface area contributed by atoms with Crippen molar-refractivity contribution in [3.8, 4) is 17.2 Å². The van der Waals surface area contributed by atoms with Crippen LogP contribution in [0, 0.1) is 0 Å². The van der Waals surface area contributed by atoms with Gasteiger partial charge in [0.1, 0.15) is 0 Å². The Kier molecular flexibility index (Phi) is 3.26. The number of fused-ring (bicyclic) bond motifs is 1. The third kappa shape index (κ3) is 1.99. The van der Waals surface area contributed by atoms with Crippen molar-refractivity contribution in [1.82, 2.24) is 9.55 Å². The molecule has 0 aliphatic heterocycles. The topological polar surface area (TPSA) is 62.3 Å². The number of benzene rings is 1. The normalized spacial score (nSPS) is 13.9. The monoisotopic (exact) mass is 273 g/mol. The highest BCUT2D eigenvalue weighted by Gasteiger charge is 2.18. The molecule has 0 atom stereocenters. The SMILES string of the molecule is COc1cc(N)c(-n2cnc3c2CCCC3)cc1OC. The lowest BCUT2D eigenvalue weighted by molar-refractivity contribution is 0.355. The molecule has 2 N–H and O–H groups in total. The van der Waals surface area contributed by atoms with Crippen LogP contribution in [0.3, 0.4) is 0 Å². The minimum absolute atomic E-state index is 0.641. The smallest absolute Gasteiger partial charge is 0.162 e. The Hall–Kier alpha value is -2.17. The van der Waals surface area contributed by atoms with Crippen LogP contribution in [-0.2, 0) is 12.8 Å². The van der Waals surface area contributed by atoms with Crippen molar-refractivity contribution in [1.29, 1.82) is 0 Å². The van der Waals surface area contributed by atoms with Crippen molar-refractivity contribution in [2.45, 2.75) is 25.7 Å². The third-order valence-electron chi connectivity index (χ3n) is 3.82. The van der Waals surface area contributed by atoms with Crippen LogP contribution in [0.5, 0.6) is 11.5 Å². The quantitative estimate of drug-likeness (QED) is 0.872. The van der Waals surface area contributed by atoms with E-state index < -0.39 is 0 Å². The van der Waals surface area contributed by atoms with E-state index in [1.807, 2.05) is 12.4 Å². The van der Waals surface area contributed by atoms with Crippen LogP contribution in [-0.4, -0.2) is 23.8 Å². The molecule has 3 rings (SSSR count). The fraction of sp³-hybridized carbons (Fsp3) is 0.400. The zero-order valence-corrected chi connectivity index (χ0v) is 11.8. The van der Waals surface area contributed by atoms with Crippen LogP contribution in [0.15, 0.2) is 18.5 Å². The van der Waals surface area contributed by atoms with E-state index >= 15 is 0 Å². The molecule has 5 heteroatoms. The standard InChI is InChI=1S/C15H19N3O2/c1-19-14-7-10(16)13(8-15(14)20-2)18-9-17-11-5-3-4-6-12(11)18/h7-9H,3-6,16H2,1-2H3.